The standard InChI is InChI=1S/C8H16N2O4S/c1-6-3-9-4-7(2)10(6)15(13,14)5-8(11)12/h6-7,9H,3-5H2,1-2H3,(H,11,12). The van der Waals surface area contributed by atoms with Crippen LogP contribution < -0.4 is 5.32 Å². The van der Waals surface area contributed by atoms with E-state index in [2.05, 4.69) is 5.32 Å². The summed E-state index contributed by atoms with van der Waals surface area (Å²) in [6.45, 7) is 4.65. The van der Waals surface area contributed by atoms with Gasteiger partial charge < -0.3 is 10.4 Å². The lowest BCUT2D eigenvalue weighted by Gasteiger charge is -2.37. The summed E-state index contributed by atoms with van der Waals surface area (Å²) in [7, 11) is -3.69. The van der Waals surface area contributed by atoms with Gasteiger partial charge >= 0.3 is 5.97 Å². The second kappa shape index (κ2) is 4.46. The van der Waals surface area contributed by atoms with Crippen molar-refractivity contribution in [2.24, 2.45) is 0 Å². The average Bonchev–Trinajstić information content (AvgIpc) is 1.99. The second-order valence-electron chi connectivity index (χ2n) is 3.84. The molecule has 0 spiro atoms. The minimum Gasteiger partial charge on any atom is -0.480 e. The normalized spacial score (nSPS) is 28.9. The van der Waals surface area contributed by atoms with Crippen LogP contribution in [0.4, 0.5) is 0 Å². The van der Waals surface area contributed by atoms with Gasteiger partial charge in [0.2, 0.25) is 10.0 Å². The summed E-state index contributed by atoms with van der Waals surface area (Å²) in [4.78, 5) is 10.4. The average molecular weight is 236 g/mol. The minimum atomic E-state index is -3.69. The van der Waals surface area contributed by atoms with E-state index in [0.29, 0.717) is 13.1 Å². The predicted molar refractivity (Wildman–Crippen MR) is 55.1 cm³/mol. The van der Waals surface area contributed by atoms with Crippen molar-refractivity contribution in [2.75, 3.05) is 18.8 Å². The molecule has 1 rings (SSSR count). The summed E-state index contributed by atoms with van der Waals surface area (Å²) < 4.78 is 24.8. The number of sulfonamides is 1. The Morgan fingerprint density at radius 1 is 1.40 bits per heavy atom. The summed E-state index contributed by atoms with van der Waals surface area (Å²) in [5.41, 5.74) is 0. The molecule has 1 heterocycles. The Kier molecular flexibility index (Phi) is 3.69. The second-order valence-corrected chi connectivity index (χ2v) is 5.71. The molecule has 0 aliphatic carbocycles. The number of piperazine rings is 1. The molecule has 2 N–H and O–H groups in total. The smallest absolute Gasteiger partial charge is 0.320 e. The SMILES string of the molecule is CC1CNCC(C)N1S(=O)(=O)CC(=O)O. The fourth-order valence-electron chi connectivity index (χ4n) is 1.89. The maximum absolute atomic E-state index is 11.7. The minimum absolute atomic E-state index is 0.196. The highest BCUT2D eigenvalue weighted by Crippen LogP contribution is 2.15. The molecule has 2 atom stereocenters. The van der Waals surface area contributed by atoms with Gasteiger partial charge in [-0.25, -0.2) is 8.42 Å². The molecule has 88 valence electrons. The van der Waals surface area contributed by atoms with E-state index in [9.17, 15) is 13.2 Å². The molecule has 0 saturated carbocycles. The first-order valence-electron chi connectivity index (χ1n) is 4.78. The van der Waals surface area contributed by atoms with Crippen LogP contribution in [0.1, 0.15) is 13.8 Å². The summed E-state index contributed by atoms with van der Waals surface area (Å²) in [6, 6.07) is -0.392. The lowest BCUT2D eigenvalue weighted by molar-refractivity contribution is -0.134. The van der Waals surface area contributed by atoms with Gasteiger partial charge in [-0.3, -0.25) is 4.79 Å². The Morgan fingerprint density at radius 2 is 1.87 bits per heavy atom. The van der Waals surface area contributed by atoms with Crippen LogP contribution in [-0.2, 0) is 14.8 Å². The zero-order valence-electron chi connectivity index (χ0n) is 8.80. The van der Waals surface area contributed by atoms with Crippen LogP contribution in [0.25, 0.3) is 0 Å². The molecule has 6 nitrogen and oxygen atoms in total. The topological polar surface area (TPSA) is 86.7 Å². The number of rotatable bonds is 3. The number of nitrogens with one attached hydrogen (secondary N) is 1. The van der Waals surface area contributed by atoms with Crippen molar-refractivity contribution < 1.29 is 18.3 Å². The number of nitrogens with zero attached hydrogens (tertiary/aromatic N) is 1. The van der Waals surface area contributed by atoms with Crippen LogP contribution in [-0.4, -0.2) is 54.7 Å². The van der Waals surface area contributed by atoms with Gasteiger partial charge in [0.1, 0.15) is 0 Å². The molecule has 15 heavy (non-hydrogen) atoms. The molecule has 0 aromatic carbocycles. The molecular weight excluding hydrogens is 220 g/mol. The third kappa shape index (κ3) is 2.90. The third-order valence-electron chi connectivity index (χ3n) is 2.38. The number of carboxylic acids is 1. The van der Waals surface area contributed by atoms with Crippen molar-refractivity contribution in [3.05, 3.63) is 0 Å². The van der Waals surface area contributed by atoms with E-state index in [1.165, 1.54) is 4.31 Å². The largest absolute Gasteiger partial charge is 0.480 e. The maximum atomic E-state index is 11.7. The third-order valence-corrected chi connectivity index (χ3v) is 4.35. The van der Waals surface area contributed by atoms with Gasteiger partial charge in [-0.15, -0.1) is 0 Å². The van der Waals surface area contributed by atoms with Gasteiger partial charge in [0.15, 0.2) is 5.75 Å². The maximum Gasteiger partial charge on any atom is 0.320 e. The molecule has 0 bridgehead atoms. The van der Waals surface area contributed by atoms with Crippen LogP contribution in [0.5, 0.6) is 0 Å². The number of carboxylic acid groups (broad SMARTS) is 1. The molecule has 7 heteroatoms. The van der Waals surface area contributed by atoms with Gasteiger partial charge in [-0.1, -0.05) is 0 Å². The zero-order chi connectivity index (χ0) is 11.6. The zero-order valence-corrected chi connectivity index (χ0v) is 9.62. The first-order valence-corrected chi connectivity index (χ1v) is 6.39. The molecule has 1 aliphatic heterocycles. The molecule has 0 aromatic rings. The summed E-state index contributed by atoms with van der Waals surface area (Å²) in [6.07, 6.45) is 0. The van der Waals surface area contributed by atoms with Crippen LogP contribution in [0.3, 0.4) is 0 Å². The summed E-state index contributed by atoms with van der Waals surface area (Å²) >= 11 is 0. The van der Waals surface area contributed by atoms with Crippen molar-refractivity contribution in [3.8, 4) is 0 Å². The van der Waals surface area contributed by atoms with E-state index in [0.717, 1.165) is 0 Å². The first-order chi connectivity index (χ1) is 6.84. The van der Waals surface area contributed by atoms with Crippen LogP contribution >= 0.6 is 0 Å². The van der Waals surface area contributed by atoms with Crippen molar-refractivity contribution in [3.63, 3.8) is 0 Å². The Balaban J connectivity index is 2.88. The molecule has 0 aromatic heterocycles. The van der Waals surface area contributed by atoms with Gasteiger partial charge in [0.25, 0.3) is 0 Å². The number of hydrogen-bond donors (Lipinski definition) is 2. The van der Waals surface area contributed by atoms with Gasteiger partial charge in [-0.2, -0.15) is 4.31 Å². The van der Waals surface area contributed by atoms with Gasteiger partial charge in [0, 0.05) is 25.2 Å². The highest BCUT2D eigenvalue weighted by Gasteiger charge is 2.35. The lowest BCUT2D eigenvalue weighted by Crippen LogP contribution is -2.58. The van der Waals surface area contributed by atoms with E-state index in [4.69, 9.17) is 5.11 Å². The van der Waals surface area contributed by atoms with Crippen molar-refractivity contribution in [1.82, 2.24) is 9.62 Å². The fourth-order valence-corrected chi connectivity index (χ4v) is 3.60. The molecule has 0 amide bonds. The molecule has 0 radical (unpaired) electrons. The number of carbonyl (C=O) groups is 1. The van der Waals surface area contributed by atoms with E-state index in [1.807, 2.05) is 0 Å². The lowest BCUT2D eigenvalue weighted by atomic mass is 10.2. The quantitative estimate of drug-likeness (QED) is 0.662. The first kappa shape index (κ1) is 12.4. The highest BCUT2D eigenvalue weighted by molar-refractivity contribution is 7.89. The molecule has 1 saturated heterocycles. The predicted octanol–water partition coefficient (Wildman–Crippen LogP) is -0.917. The van der Waals surface area contributed by atoms with Crippen molar-refractivity contribution in [2.45, 2.75) is 25.9 Å². The highest BCUT2D eigenvalue weighted by atomic mass is 32.2. The van der Waals surface area contributed by atoms with Crippen LogP contribution in [0.15, 0.2) is 0 Å². The van der Waals surface area contributed by atoms with Crippen LogP contribution in [0, 0.1) is 0 Å². The van der Waals surface area contributed by atoms with Gasteiger partial charge in [-0.05, 0) is 13.8 Å². The van der Waals surface area contributed by atoms with Crippen molar-refractivity contribution >= 4 is 16.0 Å². The van der Waals surface area contributed by atoms with E-state index in [-0.39, 0.29) is 12.1 Å². The van der Waals surface area contributed by atoms with E-state index in [1.54, 1.807) is 13.8 Å². The fraction of sp³-hybridized carbons (Fsp3) is 0.875. The van der Waals surface area contributed by atoms with E-state index < -0.39 is 21.7 Å². The van der Waals surface area contributed by atoms with Crippen LogP contribution in [0.2, 0.25) is 0 Å². The Morgan fingerprint density at radius 3 is 2.27 bits per heavy atom. The monoisotopic (exact) mass is 236 g/mol. The Labute approximate surface area is 89.3 Å². The number of hydrogen-bond acceptors (Lipinski definition) is 4. The van der Waals surface area contributed by atoms with E-state index >= 15 is 0 Å². The van der Waals surface area contributed by atoms with Crippen molar-refractivity contribution in [1.29, 1.82) is 0 Å². The summed E-state index contributed by atoms with van der Waals surface area (Å²) in [5, 5.41) is 11.6. The molecule has 1 aliphatic rings. The molecular formula is C8H16N2O4S. The Bertz CT molecular complexity index is 331. The number of aliphatic carboxylic acids is 1. The molecule has 2 unspecified atom stereocenters. The Hall–Kier alpha value is -0.660. The molecule has 1 fully saturated rings. The van der Waals surface area contributed by atoms with Gasteiger partial charge in [0.05, 0.1) is 0 Å². The summed E-state index contributed by atoms with van der Waals surface area (Å²) in [5.74, 6) is -2.14.